The Hall–Kier alpha value is -2.77. The number of hydrogen-bond donors (Lipinski definition) is 2. The highest BCUT2D eigenvalue weighted by molar-refractivity contribution is 5.97. The number of hydrogen-bond acceptors (Lipinski definition) is 8. The third-order valence-electron chi connectivity index (χ3n) is 8.44. The van der Waals surface area contributed by atoms with Gasteiger partial charge in [-0.1, -0.05) is 12.1 Å². The van der Waals surface area contributed by atoms with Gasteiger partial charge in [0.25, 0.3) is 6.43 Å². The predicted molar refractivity (Wildman–Crippen MR) is 151 cm³/mol. The van der Waals surface area contributed by atoms with E-state index in [4.69, 9.17) is 9.47 Å². The Kier molecular flexibility index (Phi) is 9.68. The van der Waals surface area contributed by atoms with Crippen molar-refractivity contribution in [2.24, 2.45) is 0 Å². The number of fused-ring (bicyclic) bond motifs is 1. The summed E-state index contributed by atoms with van der Waals surface area (Å²) < 4.78 is 52.5. The van der Waals surface area contributed by atoms with E-state index in [2.05, 4.69) is 15.2 Å². The summed E-state index contributed by atoms with van der Waals surface area (Å²) >= 11 is 0. The highest BCUT2D eigenvalue weighted by atomic mass is 19.3. The van der Waals surface area contributed by atoms with Crippen LogP contribution in [0.5, 0.6) is 5.88 Å². The smallest absolute Gasteiger partial charge is 0.256 e. The van der Waals surface area contributed by atoms with Crippen molar-refractivity contribution in [3.05, 3.63) is 53.0 Å². The number of aliphatic hydroxyl groups excluding tert-OH is 1. The number of nitrogens with zero attached hydrogens (tertiary/aromatic N) is 4. The van der Waals surface area contributed by atoms with Crippen LogP contribution in [-0.2, 0) is 22.6 Å². The number of aromatic nitrogens is 1. The van der Waals surface area contributed by atoms with Gasteiger partial charge in [-0.3, -0.25) is 14.6 Å². The standard InChI is InChI=1S/C30H40F3N5O4/c1-18-11-36(24(10-34-18)12-37-19(2)15-41-17-27(37)29(32)33)13-28(40)38-20(3)16-42-30-26(38)9-22(25(14-39)35-30)8-21-4-6-23(31)7-5-21/h4-7,9,18-20,24,27,29,34,39H,8,10-17H2,1-3H3/t18-,19-,20+,24-,27+/m1/s1. The summed E-state index contributed by atoms with van der Waals surface area (Å²) in [5.41, 5.74) is 2.51. The summed E-state index contributed by atoms with van der Waals surface area (Å²) in [6.45, 7) is 7.83. The molecular formula is C30H40F3N5O4. The lowest BCUT2D eigenvalue weighted by molar-refractivity contribution is -0.123. The molecule has 0 spiro atoms. The first-order valence-electron chi connectivity index (χ1n) is 14.6. The van der Waals surface area contributed by atoms with Crippen LogP contribution in [0.15, 0.2) is 30.3 Å². The molecule has 2 aromatic rings. The van der Waals surface area contributed by atoms with Gasteiger partial charge in [-0.05, 0) is 56.5 Å². The number of amides is 1. The minimum absolute atomic E-state index is 0.0113. The lowest BCUT2D eigenvalue weighted by Gasteiger charge is -2.46. The van der Waals surface area contributed by atoms with Gasteiger partial charge in [0.15, 0.2) is 0 Å². The summed E-state index contributed by atoms with van der Waals surface area (Å²) in [7, 11) is 0. The van der Waals surface area contributed by atoms with Crippen molar-refractivity contribution in [2.75, 3.05) is 50.9 Å². The molecule has 0 unspecified atom stereocenters. The van der Waals surface area contributed by atoms with Gasteiger partial charge in [0.05, 0.1) is 44.1 Å². The molecule has 9 nitrogen and oxygen atoms in total. The van der Waals surface area contributed by atoms with Crippen LogP contribution in [0.3, 0.4) is 0 Å². The lowest BCUT2D eigenvalue weighted by atomic mass is 10.0. The van der Waals surface area contributed by atoms with E-state index in [1.807, 2.05) is 31.7 Å². The maximum absolute atomic E-state index is 14.0. The van der Waals surface area contributed by atoms with Crippen molar-refractivity contribution in [3.8, 4) is 5.88 Å². The number of nitrogens with one attached hydrogen (secondary N) is 1. The number of benzene rings is 1. The predicted octanol–water partition coefficient (Wildman–Crippen LogP) is 2.43. The molecule has 2 N–H and O–H groups in total. The van der Waals surface area contributed by atoms with Crippen LogP contribution < -0.4 is 15.0 Å². The minimum Gasteiger partial charge on any atom is -0.474 e. The summed E-state index contributed by atoms with van der Waals surface area (Å²) in [5.74, 6) is -0.199. The molecule has 1 amide bonds. The van der Waals surface area contributed by atoms with Crippen molar-refractivity contribution in [1.82, 2.24) is 20.1 Å². The summed E-state index contributed by atoms with van der Waals surface area (Å²) in [4.78, 5) is 24.2. The van der Waals surface area contributed by atoms with Crippen LogP contribution in [0, 0.1) is 5.82 Å². The molecule has 2 saturated heterocycles. The van der Waals surface area contributed by atoms with E-state index >= 15 is 0 Å². The lowest BCUT2D eigenvalue weighted by Crippen LogP contribution is -2.64. The molecule has 0 bridgehead atoms. The van der Waals surface area contributed by atoms with Gasteiger partial charge in [0, 0.05) is 37.8 Å². The normalized spacial score (nSPS) is 27.1. The molecule has 4 heterocycles. The summed E-state index contributed by atoms with van der Waals surface area (Å²) in [6.07, 6.45) is -2.13. The Bertz CT molecular complexity index is 1240. The third kappa shape index (κ3) is 6.73. The molecule has 230 valence electrons. The van der Waals surface area contributed by atoms with Crippen molar-refractivity contribution in [2.45, 2.75) is 70.4 Å². The third-order valence-corrected chi connectivity index (χ3v) is 8.44. The number of carbonyl (C=O) groups is 1. The maximum atomic E-state index is 14.0. The fraction of sp³-hybridized carbons (Fsp3) is 0.600. The zero-order valence-corrected chi connectivity index (χ0v) is 24.3. The van der Waals surface area contributed by atoms with E-state index in [0.29, 0.717) is 49.6 Å². The monoisotopic (exact) mass is 591 g/mol. The van der Waals surface area contributed by atoms with E-state index in [0.717, 1.165) is 5.56 Å². The molecule has 0 saturated carbocycles. The molecule has 0 radical (unpaired) electrons. The Morgan fingerprint density at radius 3 is 2.62 bits per heavy atom. The number of morpholine rings is 1. The second-order valence-corrected chi connectivity index (χ2v) is 11.7. The van der Waals surface area contributed by atoms with Crippen LogP contribution >= 0.6 is 0 Å². The molecule has 3 aliphatic heterocycles. The molecule has 5 atom stereocenters. The largest absolute Gasteiger partial charge is 0.474 e. The van der Waals surface area contributed by atoms with E-state index < -0.39 is 12.5 Å². The van der Waals surface area contributed by atoms with E-state index in [1.54, 1.807) is 17.0 Å². The zero-order chi connectivity index (χ0) is 30.0. The molecule has 2 fully saturated rings. The number of ether oxygens (including phenoxy) is 2. The number of carbonyl (C=O) groups excluding carboxylic acids is 1. The molecule has 5 rings (SSSR count). The highest BCUT2D eigenvalue weighted by Gasteiger charge is 2.40. The molecular weight excluding hydrogens is 551 g/mol. The topological polar surface area (TPSA) is 90.4 Å². The molecule has 0 aliphatic carbocycles. The highest BCUT2D eigenvalue weighted by Crippen LogP contribution is 2.35. The molecule has 42 heavy (non-hydrogen) atoms. The van der Waals surface area contributed by atoms with Crippen LogP contribution in [0.1, 0.15) is 37.6 Å². The fourth-order valence-electron chi connectivity index (χ4n) is 6.15. The Labute approximate surface area is 244 Å². The number of anilines is 1. The number of halogens is 3. The second kappa shape index (κ2) is 13.3. The number of pyridine rings is 1. The van der Waals surface area contributed by atoms with Crippen LogP contribution in [0.2, 0.25) is 0 Å². The average Bonchev–Trinajstić information content (AvgIpc) is 2.96. The van der Waals surface area contributed by atoms with E-state index in [-0.39, 0.29) is 68.1 Å². The van der Waals surface area contributed by atoms with Gasteiger partial charge >= 0.3 is 0 Å². The van der Waals surface area contributed by atoms with Gasteiger partial charge < -0.3 is 24.8 Å². The average molecular weight is 592 g/mol. The van der Waals surface area contributed by atoms with Crippen molar-refractivity contribution >= 4 is 11.6 Å². The van der Waals surface area contributed by atoms with Crippen LogP contribution in [0.4, 0.5) is 18.9 Å². The van der Waals surface area contributed by atoms with Gasteiger partial charge in [-0.25, -0.2) is 18.2 Å². The number of aliphatic hydroxyl groups is 1. The van der Waals surface area contributed by atoms with E-state index in [1.165, 1.54) is 12.1 Å². The first-order chi connectivity index (χ1) is 20.1. The van der Waals surface area contributed by atoms with Crippen molar-refractivity contribution in [1.29, 1.82) is 0 Å². The molecule has 12 heteroatoms. The Balaban J connectivity index is 1.38. The minimum atomic E-state index is -2.52. The SMILES string of the molecule is C[C@@H]1CN(CC(=O)N2c3cc(Cc4ccc(F)cc4)c(CO)nc3OC[C@@H]2C)[C@@H](CN2[C@H](C)COC[C@H]2C(F)F)CN1. The number of rotatable bonds is 8. The second-order valence-electron chi connectivity index (χ2n) is 11.7. The fourth-order valence-corrected chi connectivity index (χ4v) is 6.15. The van der Waals surface area contributed by atoms with Gasteiger partial charge in [0.2, 0.25) is 11.8 Å². The van der Waals surface area contributed by atoms with Crippen LogP contribution in [0.25, 0.3) is 0 Å². The summed E-state index contributed by atoms with van der Waals surface area (Å²) in [6, 6.07) is 6.52. The van der Waals surface area contributed by atoms with Gasteiger partial charge in [0.1, 0.15) is 18.1 Å². The molecule has 1 aromatic heterocycles. The number of piperazine rings is 1. The maximum Gasteiger partial charge on any atom is 0.256 e. The first kappa shape index (κ1) is 30.7. The molecule has 1 aromatic carbocycles. The van der Waals surface area contributed by atoms with Crippen molar-refractivity contribution < 1.29 is 32.5 Å². The quantitative estimate of drug-likeness (QED) is 0.484. The Morgan fingerprint density at radius 2 is 1.90 bits per heavy atom. The zero-order valence-electron chi connectivity index (χ0n) is 24.3. The number of alkyl halides is 2. The van der Waals surface area contributed by atoms with Crippen LogP contribution in [-0.4, -0.2) is 108 Å². The van der Waals surface area contributed by atoms with E-state index in [9.17, 15) is 23.1 Å². The van der Waals surface area contributed by atoms with Gasteiger partial charge in [-0.15, -0.1) is 0 Å². The Morgan fingerprint density at radius 1 is 1.14 bits per heavy atom. The van der Waals surface area contributed by atoms with Crippen molar-refractivity contribution in [3.63, 3.8) is 0 Å². The molecule has 3 aliphatic rings. The first-order valence-corrected chi connectivity index (χ1v) is 14.6. The summed E-state index contributed by atoms with van der Waals surface area (Å²) in [5, 5.41) is 13.5. The van der Waals surface area contributed by atoms with Gasteiger partial charge in [-0.2, -0.15) is 0 Å².